The Morgan fingerprint density at radius 3 is 2.63 bits per heavy atom. The molecule has 2 aliphatic rings. The van der Waals surface area contributed by atoms with Gasteiger partial charge in [-0.05, 0) is 31.5 Å². The van der Waals surface area contributed by atoms with E-state index in [0.29, 0.717) is 23.2 Å². The molecule has 190 valence electrons. The predicted octanol–water partition coefficient (Wildman–Crippen LogP) is 1.47. The minimum absolute atomic E-state index is 0.149. The van der Waals surface area contributed by atoms with E-state index in [4.69, 9.17) is 13.8 Å². The van der Waals surface area contributed by atoms with Crippen molar-refractivity contribution in [3.8, 4) is 5.75 Å². The lowest BCUT2D eigenvalue weighted by Crippen LogP contribution is -2.42. The van der Waals surface area contributed by atoms with Gasteiger partial charge in [-0.1, -0.05) is 18.2 Å². The third kappa shape index (κ3) is 5.29. The minimum atomic E-state index is -4.30. The molecule has 0 spiro atoms. The predicted molar refractivity (Wildman–Crippen MR) is 118 cm³/mol. The van der Waals surface area contributed by atoms with Gasteiger partial charge in [-0.15, -0.1) is 0 Å². The van der Waals surface area contributed by atoms with Crippen LogP contribution in [-0.2, 0) is 18.6 Å². The molecule has 2 N–H and O–H groups in total. The first-order valence-corrected chi connectivity index (χ1v) is 12.3. The number of likely N-dealkylation sites (tertiary alicyclic amines) is 1. The molecule has 2 saturated heterocycles. The van der Waals surface area contributed by atoms with Gasteiger partial charge in [0.2, 0.25) is 12.1 Å². The van der Waals surface area contributed by atoms with Gasteiger partial charge in [0.1, 0.15) is 11.9 Å². The van der Waals surface area contributed by atoms with Crippen molar-refractivity contribution in [3.05, 3.63) is 58.8 Å². The van der Waals surface area contributed by atoms with Crippen molar-refractivity contribution in [2.75, 3.05) is 20.2 Å². The first-order valence-electron chi connectivity index (χ1n) is 10.8. The van der Waals surface area contributed by atoms with E-state index >= 15 is 0 Å². The molecular weight excluding hydrogens is 489 g/mol. The molecule has 1 aromatic carbocycles. The summed E-state index contributed by atoms with van der Waals surface area (Å²) in [4.78, 5) is 29.5. The summed E-state index contributed by atoms with van der Waals surface area (Å²) in [6, 6.07) is 8.42. The van der Waals surface area contributed by atoms with Gasteiger partial charge in [0.15, 0.2) is 6.10 Å². The van der Waals surface area contributed by atoms with E-state index in [1.54, 1.807) is 25.2 Å². The van der Waals surface area contributed by atoms with Crippen molar-refractivity contribution in [3.63, 3.8) is 0 Å². The third-order valence-corrected chi connectivity index (χ3v) is 7.29. The number of nitrogens with zero attached hydrogens (tertiary/aromatic N) is 3. The van der Waals surface area contributed by atoms with Crippen molar-refractivity contribution < 1.29 is 37.0 Å². The highest BCUT2D eigenvalue weighted by Crippen LogP contribution is 2.48. The van der Waals surface area contributed by atoms with Crippen molar-refractivity contribution >= 4 is 13.7 Å². The number of para-hydroxylation sites is 1. The van der Waals surface area contributed by atoms with Crippen molar-refractivity contribution in [1.82, 2.24) is 19.5 Å². The van der Waals surface area contributed by atoms with E-state index in [2.05, 4.69) is 10.1 Å². The van der Waals surface area contributed by atoms with Gasteiger partial charge < -0.3 is 19.3 Å². The fourth-order valence-electron chi connectivity index (χ4n) is 3.80. The second kappa shape index (κ2) is 9.75. The quantitative estimate of drug-likeness (QED) is 0.503. The molecular formula is C21H25F2N4O7P. The Hall–Kier alpha value is -2.70. The maximum atomic E-state index is 14.8. The number of benzene rings is 1. The van der Waals surface area contributed by atoms with Crippen LogP contribution in [0.4, 0.5) is 8.78 Å². The normalized spacial score (nSPS) is 27.7. The van der Waals surface area contributed by atoms with Gasteiger partial charge in [-0.3, -0.25) is 13.9 Å². The summed E-state index contributed by atoms with van der Waals surface area (Å²) in [7, 11) is -2.71. The van der Waals surface area contributed by atoms with Gasteiger partial charge in [0, 0.05) is 25.5 Å². The average Bonchev–Trinajstić information content (AvgIpc) is 3.23. The number of aliphatic hydroxyl groups is 1. The molecule has 35 heavy (non-hydrogen) atoms. The summed E-state index contributed by atoms with van der Waals surface area (Å²) in [5, 5.41) is 12.8. The maximum Gasteiger partial charge on any atom is 0.459 e. The first kappa shape index (κ1) is 25.4. The Kier molecular flexibility index (Phi) is 7.07. The lowest BCUT2D eigenvalue weighted by molar-refractivity contribution is -0.141. The Morgan fingerprint density at radius 1 is 1.29 bits per heavy atom. The summed E-state index contributed by atoms with van der Waals surface area (Å²) in [5.41, 5.74) is -0.655. The number of nitrogens with one attached hydrogen (secondary N) is 1. The number of hydrogen-bond acceptors (Lipinski definition) is 8. The Bertz CT molecular complexity index is 1180. The maximum absolute atomic E-state index is 14.8. The van der Waals surface area contributed by atoms with E-state index in [9.17, 15) is 28.0 Å². The molecule has 0 aliphatic carbocycles. The molecule has 2 aliphatic heterocycles. The highest BCUT2D eigenvalue weighted by atomic mass is 31.2. The smallest absolute Gasteiger partial charge is 0.413 e. The number of carbonyl (C=O) groups excluding carboxylic acids is 1. The SMILES string of the molecule is Cc1ccn([C@@H]2O[C@H](COP(=O)(NC3CCN(C)C3=O)Oc3ccccc3)[C@@H](O)C2(F)F)c(=O)n1. The van der Waals surface area contributed by atoms with Crippen LogP contribution in [0.25, 0.3) is 0 Å². The monoisotopic (exact) mass is 514 g/mol. The highest BCUT2D eigenvalue weighted by Gasteiger charge is 2.60. The van der Waals surface area contributed by atoms with Crippen LogP contribution in [0, 0.1) is 6.92 Å². The second-order valence-electron chi connectivity index (χ2n) is 8.33. The molecule has 14 heteroatoms. The Morgan fingerprint density at radius 2 is 2.00 bits per heavy atom. The molecule has 5 atom stereocenters. The van der Waals surface area contributed by atoms with Gasteiger partial charge >= 0.3 is 19.4 Å². The van der Waals surface area contributed by atoms with Crippen molar-refractivity contribution in [1.29, 1.82) is 0 Å². The van der Waals surface area contributed by atoms with Crippen LogP contribution in [0.3, 0.4) is 0 Å². The number of carbonyl (C=O) groups is 1. The Labute approximate surface area is 199 Å². The summed E-state index contributed by atoms with van der Waals surface area (Å²) in [5.74, 6) is -4.06. The van der Waals surface area contributed by atoms with E-state index < -0.39 is 50.4 Å². The number of aryl methyl sites for hydroxylation is 1. The van der Waals surface area contributed by atoms with Gasteiger partial charge in [-0.25, -0.2) is 9.36 Å². The molecule has 11 nitrogen and oxygen atoms in total. The number of alkyl halides is 2. The van der Waals surface area contributed by atoms with Crippen molar-refractivity contribution in [2.24, 2.45) is 0 Å². The molecule has 1 amide bonds. The lowest BCUT2D eigenvalue weighted by Gasteiger charge is -2.24. The van der Waals surface area contributed by atoms with Crippen molar-refractivity contribution in [2.45, 2.75) is 43.7 Å². The number of hydrogen-bond donors (Lipinski definition) is 2. The summed E-state index contributed by atoms with van der Waals surface area (Å²) < 4.78 is 59.9. The first-order chi connectivity index (χ1) is 16.5. The molecule has 0 saturated carbocycles. The number of ether oxygens (including phenoxy) is 1. The van der Waals surface area contributed by atoms with Crippen LogP contribution in [0.2, 0.25) is 0 Å². The van der Waals surface area contributed by atoms with Crippen LogP contribution in [-0.4, -0.2) is 69.8 Å². The number of amides is 1. The number of halogens is 2. The lowest BCUT2D eigenvalue weighted by atomic mass is 10.1. The van der Waals surface area contributed by atoms with E-state index in [1.165, 1.54) is 30.0 Å². The molecule has 2 unspecified atom stereocenters. The summed E-state index contributed by atoms with van der Waals surface area (Å²) >= 11 is 0. The summed E-state index contributed by atoms with van der Waals surface area (Å²) in [6.45, 7) is 1.16. The van der Waals surface area contributed by atoms with Crippen LogP contribution < -0.4 is 15.3 Å². The number of aliphatic hydroxyl groups excluding tert-OH is 1. The standard InChI is InChI=1S/C21H25F2N4O7P/c1-13-8-11-27(20(30)24-13)19-21(22,23)17(28)16(33-19)12-32-35(31,34-14-6-4-3-5-7-14)25-15-9-10-26(2)18(15)29/h3-8,11,15-17,19,28H,9-10,12H2,1-2H3,(H,25,31)/t15?,16-,17-,19-,35?/m1/s1. The fourth-order valence-corrected chi connectivity index (χ4v) is 5.34. The molecule has 0 radical (unpaired) electrons. The van der Waals surface area contributed by atoms with Gasteiger partial charge in [-0.2, -0.15) is 18.9 Å². The highest BCUT2D eigenvalue weighted by molar-refractivity contribution is 7.52. The molecule has 1 aromatic heterocycles. The van der Waals surface area contributed by atoms with E-state index in [-0.39, 0.29) is 11.7 Å². The molecule has 2 aromatic rings. The third-order valence-electron chi connectivity index (χ3n) is 5.72. The molecule has 4 rings (SSSR count). The van der Waals surface area contributed by atoms with Crippen LogP contribution in [0.5, 0.6) is 5.75 Å². The zero-order chi connectivity index (χ0) is 25.4. The van der Waals surface area contributed by atoms with E-state index in [1.807, 2.05) is 0 Å². The Balaban J connectivity index is 1.53. The van der Waals surface area contributed by atoms with E-state index in [0.717, 1.165) is 6.20 Å². The van der Waals surface area contributed by atoms with Crippen LogP contribution in [0.1, 0.15) is 18.3 Å². The number of likely N-dealkylation sites (N-methyl/N-ethyl adjacent to an activating group) is 1. The van der Waals surface area contributed by atoms with Crippen LogP contribution >= 0.6 is 7.75 Å². The largest absolute Gasteiger partial charge is 0.459 e. The zero-order valence-electron chi connectivity index (χ0n) is 18.9. The van der Waals surface area contributed by atoms with Gasteiger partial charge in [0.25, 0.3) is 0 Å². The topological polar surface area (TPSA) is 132 Å². The molecule has 3 heterocycles. The van der Waals surface area contributed by atoms with Crippen LogP contribution in [0.15, 0.2) is 47.4 Å². The molecule has 2 fully saturated rings. The zero-order valence-corrected chi connectivity index (χ0v) is 19.8. The minimum Gasteiger partial charge on any atom is -0.413 e. The second-order valence-corrected chi connectivity index (χ2v) is 10.0. The number of aromatic nitrogens is 2. The molecule has 0 bridgehead atoms. The van der Waals surface area contributed by atoms with Gasteiger partial charge in [0.05, 0.1) is 12.6 Å². The fraction of sp³-hybridized carbons (Fsp3) is 0.476. The summed E-state index contributed by atoms with van der Waals surface area (Å²) in [6.07, 6.45) is -4.79. The average molecular weight is 514 g/mol. The number of rotatable bonds is 8.